The molecule has 1 aromatic rings. The van der Waals surface area contributed by atoms with E-state index in [-0.39, 0.29) is 5.91 Å². The molecule has 1 aromatic carbocycles. The molecule has 0 saturated carbocycles. The molecule has 1 saturated heterocycles. The van der Waals surface area contributed by atoms with Crippen LogP contribution in [-0.2, 0) is 11.2 Å². The number of aryl methyl sites for hydroxylation is 1. The smallest absolute Gasteiger partial charge is 0.234 e. The molecule has 0 radical (unpaired) electrons. The molecule has 1 aliphatic rings. The third kappa shape index (κ3) is 4.62. The molecule has 2 rings (SSSR count). The van der Waals surface area contributed by atoms with Gasteiger partial charge < -0.3 is 11.1 Å². The van der Waals surface area contributed by atoms with E-state index in [1.807, 2.05) is 18.2 Å². The van der Waals surface area contributed by atoms with Crippen LogP contribution in [-0.4, -0.2) is 43.0 Å². The molecule has 4 nitrogen and oxygen atoms in total. The molecule has 110 valence electrons. The predicted octanol–water partition coefficient (Wildman–Crippen LogP) is 1.16. The van der Waals surface area contributed by atoms with Crippen molar-refractivity contribution in [2.45, 2.75) is 31.7 Å². The van der Waals surface area contributed by atoms with Crippen LogP contribution in [0.2, 0.25) is 0 Å². The number of rotatable bonds is 7. The van der Waals surface area contributed by atoms with Gasteiger partial charge in [0.2, 0.25) is 5.91 Å². The van der Waals surface area contributed by atoms with E-state index in [9.17, 15) is 4.79 Å². The van der Waals surface area contributed by atoms with Gasteiger partial charge in [-0.25, -0.2) is 0 Å². The van der Waals surface area contributed by atoms with Gasteiger partial charge in [0.1, 0.15) is 0 Å². The highest BCUT2D eigenvalue weighted by Crippen LogP contribution is 2.15. The van der Waals surface area contributed by atoms with Crippen LogP contribution in [0.15, 0.2) is 30.3 Å². The van der Waals surface area contributed by atoms with Crippen LogP contribution < -0.4 is 11.1 Å². The second-order valence-electron chi connectivity index (χ2n) is 5.44. The van der Waals surface area contributed by atoms with Crippen molar-refractivity contribution in [2.75, 3.05) is 26.2 Å². The van der Waals surface area contributed by atoms with Gasteiger partial charge in [-0.15, -0.1) is 0 Å². The first-order valence-electron chi connectivity index (χ1n) is 7.54. The molecule has 0 aromatic heterocycles. The number of nitrogens with one attached hydrogen (secondary N) is 1. The van der Waals surface area contributed by atoms with Crippen molar-refractivity contribution in [3.63, 3.8) is 0 Å². The van der Waals surface area contributed by atoms with Crippen molar-refractivity contribution in [3.8, 4) is 0 Å². The highest BCUT2D eigenvalue weighted by Gasteiger charge is 2.24. The summed E-state index contributed by atoms with van der Waals surface area (Å²) >= 11 is 0. The minimum Gasteiger partial charge on any atom is -0.355 e. The lowest BCUT2D eigenvalue weighted by molar-refractivity contribution is -0.122. The van der Waals surface area contributed by atoms with Crippen LogP contribution >= 0.6 is 0 Å². The monoisotopic (exact) mass is 275 g/mol. The molecule has 1 unspecified atom stereocenters. The topological polar surface area (TPSA) is 58.4 Å². The summed E-state index contributed by atoms with van der Waals surface area (Å²) < 4.78 is 0. The molecule has 0 spiro atoms. The maximum absolute atomic E-state index is 11.9. The average Bonchev–Trinajstić information content (AvgIpc) is 2.92. The lowest BCUT2D eigenvalue weighted by atomic mass is 10.1. The van der Waals surface area contributed by atoms with Crippen LogP contribution in [0.3, 0.4) is 0 Å². The summed E-state index contributed by atoms with van der Waals surface area (Å²) in [4.78, 5) is 14.1. The Morgan fingerprint density at radius 3 is 2.90 bits per heavy atom. The zero-order valence-corrected chi connectivity index (χ0v) is 12.1. The zero-order valence-electron chi connectivity index (χ0n) is 12.1. The van der Waals surface area contributed by atoms with Crippen molar-refractivity contribution >= 4 is 5.91 Å². The minimum absolute atomic E-state index is 0.124. The lowest BCUT2D eigenvalue weighted by Gasteiger charge is -2.22. The number of nitrogens with zero attached hydrogens (tertiary/aromatic N) is 1. The number of nitrogens with two attached hydrogens (primary N) is 1. The van der Waals surface area contributed by atoms with E-state index >= 15 is 0 Å². The Kier molecular flexibility index (Phi) is 6.02. The van der Waals surface area contributed by atoms with Crippen LogP contribution in [0.4, 0.5) is 0 Å². The van der Waals surface area contributed by atoms with Gasteiger partial charge >= 0.3 is 0 Å². The molecule has 0 bridgehead atoms. The van der Waals surface area contributed by atoms with Gasteiger partial charge in [0.15, 0.2) is 0 Å². The zero-order chi connectivity index (χ0) is 14.2. The number of carbonyl (C=O) groups is 1. The first-order chi connectivity index (χ1) is 9.79. The number of carbonyl (C=O) groups excluding carboxylic acids is 1. The molecule has 1 aliphatic heterocycles. The van der Waals surface area contributed by atoms with Gasteiger partial charge in [-0.3, -0.25) is 9.69 Å². The highest BCUT2D eigenvalue weighted by atomic mass is 16.2. The second kappa shape index (κ2) is 8.02. The first kappa shape index (κ1) is 15.0. The van der Waals surface area contributed by atoms with Crippen molar-refractivity contribution in [1.82, 2.24) is 10.2 Å². The van der Waals surface area contributed by atoms with Gasteiger partial charge in [0, 0.05) is 19.1 Å². The molecule has 1 atom stereocenters. The lowest BCUT2D eigenvalue weighted by Crippen LogP contribution is -2.42. The molecule has 1 heterocycles. The quantitative estimate of drug-likeness (QED) is 0.734. The van der Waals surface area contributed by atoms with Crippen molar-refractivity contribution in [1.29, 1.82) is 0 Å². The van der Waals surface area contributed by atoms with Gasteiger partial charge in [0.25, 0.3) is 0 Å². The summed E-state index contributed by atoms with van der Waals surface area (Å²) in [5.41, 5.74) is 7.04. The predicted molar refractivity (Wildman–Crippen MR) is 81.4 cm³/mol. The summed E-state index contributed by atoms with van der Waals surface area (Å²) in [5.74, 6) is 0.124. The van der Waals surface area contributed by atoms with Crippen LogP contribution in [0, 0.1) is 0 Å². The molecule has 20 heavy (non-hydrogen) atoms. The largest absolute Gasteiger partial charge is 0.355 e. The number of likely N-dealkylation sites (tertiary alicyclic amines) is 1. The number of hydrogen-bond acceptors (Lipinski definition) is 3. The van der Waals surface area contributed by atoms with Crippen LogP contribution in [0.1, 0.15) is 24.8 Å². The van der Waals surface area contributed by atoms with Crippen LogP contribution in [0.25, 0.3) is 0 Å². The highest BCUT2D eigenvalue weighted by molar-refractivity contribution is 5.78. The van der Waals surface area contributed by atoms with E-state index in [4.69, 9.17) is 5.73 Å². The summed E-state index contributed by atoms with van der Waals surface area (Å²) in [6.07, 6.45) is 4.27. The Labute approximate surface area is 121 Å². The summed E-state index contributed by atoms with van der Waals surface area (Å²) in [5, 5.41) is 3.00. The summed E-state index contributed by atoms with van der Waals surface area (Å²) in [6.45, 7) is 2.89. The first-order valence-corrected chi connectivity index (χ1v) is 7.54. The fraction of sp³-hybridized carbons (Fsp3) is 0.562. The Hall–Kier alpha value is -1.39. The average molecular weight is 275 g/mol. The fourth-order valence-corrected chi connectivity index (χ4v) is 2.78. The van der Waals surface area contributed by atoms with E-state index in [1.165, 1.54) is 5.56 Å². The van der Waals surface area contributed by atoms with E-state index in [0.717, 1.165) is 38.8 Å². The number of benzene rings is 1. The van der Waals surface area contributed by atoms with Gasteiger partial charge in [-0.1, -0.05) is 30.3 Å². The third-order valence-corrected chi connectivity index (χ3v) is 3.93. The van der Waals surface area contributed by atoms with E-state index in [1.54, 1.807) is 0 Å². The molecule has 4 heteroatoms. The maximum Gasteiger partial charge on any atom is 0.234 e. The van der Waals surface area contributed by atoms with Crippen LogP contribution in [0.5, 0.6) is 0 Å². The third-order valence-electron chi connectivity index (χ3n) is 3.93. The summed E-state index contributed by atoms with van der Waals surface area (Å²) in [6, 6.07) is 10.8. The Morgan fingerprint density at radius 2 is 2.15 bits per heavy atom. The van der Waals surface area contributed by atoms with Gasteiger partial charge in [0.05, 0.1) is 6.54 Å². The van der Waals surface area contributed by atoms with E-state index < -0.39 is 0 Å². The number of amides is 1. The second-order valence-corrected chi connectivity index (χ2v) is 5.44. The molecule has 3 N–H and O–H groups in total. The SMILES string of the molecule is NCC1CCCN1CC(=O)NCCCc1ccccc1. The van der Waals surface area contributed by atoms with Gasteiger partial charge in [-0.2, -0.15) is 0 Å². The normalized spacial score (nSPS) is 19.1. The number of hydrogen-bond donors (Lipinski definition) is 2. The van der Waals surface area contributed by atoms with Gasteiger partial charge in [-0.05, 0) is 37.8 Å². The Bertz CT molecular complexity index is 407. The Balaban J connectivity index is 1.61. The van der Waals surface area contributed by atoms with Crippen molar-refractivity contribution in [3.05, 3.63) is 35.9 Å². The Morgan fingerprint density at radius 1 is 1.35 bits per heavy atom. The maximum atomic E-state index is 11.9. The molecular formula is C16H25N3O. The standard InChI is InChI=1S/C16H25N3O/c17-12-15-9-5-11-19(15)13-16(20)18-10-4-8-14-6-2-1-3-7-14/h1-3,6-7,15H,4-5,8-13,17H2,(H,18,20). The van der Waals surface area contributed by atoms with Crippen molar-refractivity contribution in [2.24, 2.45) is 5.73 Å². The molecule has 0 aliphatic carbocycles. The molecule has 1 fully saturated rings. The summed E-state index contributed by atoms with van der Waals surface area (Å²) in [7, 11) is 0. The van der Waals surface area contributed by atoms with E-state index in [0.29, 0.717) is 19.1 Å². The minimum atomic E-state index is 0.124. The molecule has 1 amide bonds. The fourth-order valence-electron chi connectivity index (χ4n) is 2.78. The molecular weight excluding hydrogens is 250 g/mol. The van der Waals surface area contributed by atoms with Crippen molar-refractivity contribution < 1.29 is 4.79 Å². The van der Waals surface area contributed by atoms with E-state index in [2.05, 4.69) is 22.3 Å².